The molecule has 4 rings (SSSR count). The average molecular weight is 421 g/mol. The van der Waals surface area contributed by atoms with E-state index in [1.165, 1.54) is 5.56 Å². The SMILES string of the molecule is CCC(C)(C)n1nnnc1[C@H](c1ccccc1)N1CCN(c2ccccc2OC)CC1. The minimum Gasteiger partial charge on any atom is -0.495 e. The quantitative estimate of drug-likeness (QED) is 0.580. The van der Waals surface area contributed by atoms with Crippen molar-refractivity contribution in [2.24, 2.45) is 0 Å². The highest BCUT2D eigenvalue weighted by Crippen LogP contribution is 2.33. The minimum absolute atomic E-state index is 0.0156. The highest BCUT2D eigenvalue weighted by atomic mass is 16.5. The lowest BCUT2D eigenvalue weighted by Crippen LogP contribution is -2.49. The molecule has 7 heteroatoms. The second kappa shape index (κ2) is 9.06. The van der Waals surface area contributed by atoms with Crippen LogP contribution in [-0.4, -0.2) is 58.4 Å². The first-order chi connectivity index (χ1) is 15.0. The van der Waals surface area contributed by atoms with Gasteiger partial charge in [0, 0.05) is 26.2 Å². The maximum absolute atomic E-state index is 5.58. The van der Waals surface area contributed by atoms with Crippen LogP contribution < -0.4 is 9.64 Å². The number of ether oxygens (including phenoxy) is 1. The lowest BCUT2D eigenvalue weighted by Gasteiger charge is -2.40. The molecule has 0 N–H and O–H groups in total. The van der Waals surface area contributed by atoms with E-state index in [4.69, 9.17) is 4.74 Å². The standard InChI is InChI=1S/C24H32N6O/c1-5-24(2,3)30-23(25-26-27-30)22(19-11-7-6-8-12-19)29-17-15-28(16-18-29)20-13-9-10-14-21(20)31-4/h6-14,22H,5,15-18H2,1-4H3/t22-/m0/s1. The van der Waals surface area contributed by atoms with Crippen LogP contribution in [0.15, 0.2) is 54.6 Å². The fraction of sp³-hybridized carbons (Fsp3) is 0.458. The molecule has 2 aromatic carbocycles. The van der Waals surface area contributed by atoms with Crippen molar-refractivity contribution in [3.8, 4) is 5.75 Å². The Hall–Kier alpha value is -2.93. The highest BCUT2D eigenvalue weighted by Gasteiger charge is 2.34. The van der Waals surface area contributed by atoms with E-state index in [1.54, 1.807) is 7.11 Å². The van der Waals surface area contributed by atoms with Gasteiger partial charge in [0.25, 0.3) is 0 Å². The van der Waals surface area contributed by atoms with Gasteiger partial charge < -0.3 is 9.64 Å². The molecule has 3 aromatic rings. The van der Waals surface area contributed by atoms with E-state index in [0.29, 0.717) is 0 Å². The molecule has 0 radical (unpaired) electrons. The maximum atomic E-state index is 5.58. The molecule has 1 aliphatic rings. The molecule has 0 saturated carbocycles. The van der Waals surface area contributed by atoms with Crippen molar-refractivity contribution < 1.29 is 4.74 Å². The number of benzene rings is 2. The monoisotopic (exact) mass is 420 g/mol. The second-order valence-corrected chi connectivity index (χ2v) is 8.62. The van der Waals surface area contributed by atoms with Gasteiger partial charge >= 0.3 is 0 Å². The number of hydrogen-bond donors (Lipinski definition) is 0. The first kappa shape index (κ1) is 21.3. The summed E-state index contributed by atoms with van der Waals surface area (Å²) in [5.41, 5.74) is 2.22. The van der Waals surface area contributed by atoms with Crippen LogP contribution in [0.25, 0.3) is 0 Å². The summed E-state index contributed by atoms with van der Waals surface area (Å²) in [6.45, 7) is 10.2. The van der Waals surface area contributed by atoms with Gasteiger partial charge in [-0.05, 0) is 48.4 Å². The molecule has 0 aliphatic carbocycles. The Kier molecular flexibility index (Phi) is 6.23. The largest absolute Gasteiger partial charge is 0.495 e. The number of aromatic nitrogens is 4. The first-order valence-corrected chi connectivity index (χ1v) is 11.0. The summed E-state index contributed by atoms with van der Waals surface area (Å²) < 4.78 is 7.59. The molecule has 0 unspecified atom stereocenters. The predicted molar refractivity (Wildman–Crippen MR) is 122 cm³/mol. The lowest BCUT2D eigenvalue weighted by molar-refractivity contribution is 0.187. The Labute approximate surface area is 184 Å². The number of nitrogens with zero attached hydrogens (tertiary/aromatic N) is 6. The highest BCUT2D eigenvalue weighted by molar-refractivity contribution is 5.58. The minimum atomic E-state index is -0.148. The van der Waals surface area contributed by atoms with Crippen molar-refractivity contribution >= 4 is 5.69 Å². The van der Waals surface area contributed by atoms with Crippen molar-refractivity contribution in [2.45, 2.75) is 38.8 Å². The van der Waals surface area contributed by atoms with Crippen LogP contribution in [0.3, 0.4) is 0 Å². The number of anilines is 1. The molecule has 0 spiro atoms. The molecular formula is C24H32N6O. The Morgan fingerprint density at radius 1 is 0.968 bits per heavy atom. The van der Waals surface area contributed by atoms with Gasteiger partial charge in [0.15, 0.2) is 5.82 Å². The van der Waals surface area contributed by atoms with Crippen molar-refractivity contribution in [3.63, 3.8) is 0 Å². The summed E-state index contributed by atoms with van der Waals surface area (Å²) in [7, 11) is 1.73. The normalized spacial score (nSPS) is 16.3. The fourth-order valence-corrected chi connectivity index (χ4v) is 4.22. The molecular weight excluding hydrogens is 388 g/mol. The molecule has 31 heavy (non-hydrogen) atoms. The number of piperazine rings is 1. The molecule has 1 atom stereocenters. The van der Waals surface area contributed by atoms with Crippen molar-refractivity contribution in [1.29, 1.82) is 0 Å². The number of methoxy groups -OCH3 is 1. The summed E-state index contributed by atoms with van der Waals surface area (Å²) >= 11 is 0. The van der Waals surface area contributed by atoms with E-state index in [9.17, 15) is 0 Å². The molecule has 1 fully saturated rings. The molecule has 164 valence electrons. The molecule has 1 aromatic heterocycles. The predicted octanol–water partition coefficient (Wildman–Crippen LogP) is 3.74. The van der Waals surface area contributed by atoms with E-state index < -0.39 is 0 Å². The van der Waals surface area contributed by atoms with Crippen LogP contribution in [0.5, 0.6) is 5.75 Å². The van der Waals surface area contributed by atoms with E-state index >= 15 is 0 Å². The maximum Gasteiger partial charge on any atom is 0.173 e. The molecule has 2 heterocycles. The first-order valence-electron chi connectivity index (χ1n) is 11.0. The zero-order chi connectivity index (χ0) is 21.8. The molecule has 0 amide bonds. The summed E-state index contributed by atoms with van der Waals surface area (Å²) in [4.78, 5) is 4.89. The molecule has 0 bridgehead atoms. The Balaban J connectivity index is 1.63. The third-order valence-corrected chi connectivity index (χ3v) is 6.40. The third-order valence-electron chi connectivity index (χ3n) is 6.40. The van der Waals surface area contributed by atoms with Crippen molar-refractivity contribution in [3.05, 3.63) is 66.0 Å². The van der Waals surface area contributed by atoms with Crippen LogP contribution in [-0.2, 0) is 5.54 Å². The summed E-state index contributed by atoms with van der Waals surface area (Å²) in [5, 5.41) is 13.0. The zero-order valence-electron chi connectivity index (χ0n) is 18.9. The van der Waals surface area contributed by atoms with Crippen LogP contribution in [0.2, 0.25) is 0 Å². The summed E-state index contributed by atoms with van der Waals surface area (Å²) in [6, 6.07) is 18.8. The van der Waals surface area contributed by atoms with Gasteiger partial charge in [-0.15, -0.1) is 5.10 Å². The van der Waals surface area contributed by atoms with Crippen LogP contribution >= 0.6 is 0 Å². The fourth-order valence-electron chi connectivity index (χ4n) is 4.22. The summed E-state index contributed by atoms with van der Waals surface area (Å²) in [6.07, 6.45) is 0.953. The van der Waals surface area contributed by atoms with Crippen LogP contribution in [0.4, 0.5) is 5.69 Å². The number of hydrogen-bond acceptors (Lipinski definition) is 6. The van der Waals surface area contributed by atoms with E-state index in [-0.39, 0.29) is 11.6 Å². The summed E-state index contributed by atoms with van der Waals surface area (Å²) in [5.74, 6) is 1.83. The topological polar surface area (TPSA) is 59.3 Å². The number of tetrazole rings is 1. The van der Waals surface area contributed by atoms with Gasteiger partial charge in [-0.1, -0.05) is 49.4 Å². The number of rotatable bonds is 7. The van der Waals surface area contributed by atoms with Crippen LogP contribution in [0, 0.1) is 0 Å². The van der Waals surface area contributed by atoms with Gasteiger partial charge in [-0.2, -0.15) is 0 Å². The van der Waals surface area contributed by atoms with Gasteiger partial charge in [-0.25, -0.2) is 4.68 Å². The Bertz CT molecular complexity index is 978. The molecule has 7 nitrogen and oxygen atoms in total. The zero-order valence-corrected chi connectivity index (χ0v) is 18.9. The lowest BCUT2D eigenvalue weighted by atomic mass is 9.99. The van der Waals surface area contributed by atoms with Gasteiger partial charge in [-0.3, -0.25) is 4.90 Å². The van der Waals surface area contributed by atoms with Crippen LogP contribution in [0.1, 0.15) is 44.6 Å². The van der Waals surface area contributed by atoms with E-state index in [1.807, 2.05) is 16.8 Å². The third kappa shape index (κ3) is 4.28. The Morgan fingerprint density at radius 2 is 1.65 bits per heavy atom. The smallest absolute Gasteiger partial charge is 0.173 e. The van der Waals surface area contributed by atoms with Gasteiger partial charge in [0.05, 0.1) is 24.4 Å². The Morgan fingerprint density at radius 3 is 2.32 bits per heavy atom. The second-order valence-electron chi connectivity index (χ2n) is 8.62. The molecule has 1 aliphatic heterocycles. The number of para-hydroxylation sites is 2. The average Bonchev–Trinajstić information content (AvgIpc) is 3.31. The van der Waals surface area contributed by atoms with E-state index in [2.05, 4.69) is 88.6 Å². The molecule has 1 saturated heterocycles. The van der Waals surface area contributed by atoms with Crippen molar-refractivity contribution in [2.75, 3.05) is 38.2 Å². The van der Waals surface area contributed by atoms with Crippen molar-refractivity contribution in [1.82, 2.24) is 25.1 Å². The van der Waals surface area contributed by atoms with Gasteiger partial charge in [0.2, 0.25) is 0 Å². The van der Waals surface area contributed by atoms with E-state index in [0.717, 1.165) is 49.9 Å². The van der Waals surface area contributed by atoms with Gasteiger partial charge in [0.1, 0.15) is 5.75 Å².